The molecule has 0 aliphatic carbocycles. The summed E-state index contributed by atoms with van der Waals surface area (Å²) in [5, 5.41) is 10.4. The van der Waals surface area contributed by atoms with Gasteiger partial charge in [0.2, 0.25) is 0 Å². The van der Waals surface area contributed by atoms with Gasteiger partial charge >= 0.3 is 0 Å². The standard InChI is InChI=1S/C21H26N2O3/c1-15-5-7-19(8-6-15)26-14-18(24)13-22-10-16-9-17(12-22)20-3-2-4-21(25)23(20)11-16/h2-8,16-18,24H,9-14H2,1H3/t16-,17+,18?/m1/s1. The molecule has 1 unspecified atom stereocenters. The molecule has 1 aromatic carbocycles. The van der Waals surface area contributed by atoms with Crippen molar-refractivity contribution in [3.8, 4) is 5.75 Å². The summed E-state index contributed by atoms with van der Waals surface area (Å²) in [5.41, 5.74) is 2.44. The summed E-state index contributed by atoms with van der Waals surface area (Å²) in [7, 11) is 0. The monoisotopic (exact) mass is 354 g/mol. The molecule has 5 nitrogen and oxygen atoms in total. The highest BCUT2D eigenvalue weighted by Crippen LogP contribution is 2.34. The summed E-state index contributed by atoms with van der Waals surface area (Å²) in [4.78, 5) is 14.4. The van der Waals surface area contributed by atoms with Crippen LogP contribution in [0.4, 0.5) is 0 Å². The molecule has 2 aliphatic heterocycles. The van der Waals surface area contributed by atoms with Gasteiger partial charge in [-0.25, -0.2) is 0 Å². The second-order valence-electron chi connectivity index (χ2n) is 7.69. The summed E-state index contributed by atoms with van der Waals surface area (Å²) >= 11 is 0. The Balaban J connectivity index is 1.35. The van der Waals surface area contributed by atoms with E-state index in [-0.39, 0.29) is 5.56 Å². The Morgan fingerprint density at radius 3 is 2.77 bits per heavy atom. The molecule has 0 saturated carbocycles. The fraction of sp³-hybridized carbons (Fsp3) is 0.476. The summed E-state index contributed by atoms with van der Waals surface area (Å²) < 4.78 is 7.65. The van der Waals surface area contributed by atoms with Crippen LogP contribution in [0.1, 0.15) is 23.6 Å². The molecule has 0 spiro atoms. The normalized spacial score (nSPS) is 23.3. The van der Waals surface area contributed by atoms with Gasteiger partial charge in [-0.1, -0.05) is 23.8 Å². The highest BCUT2D eigenvalue weighted by Gasteiger charge is 2.34. The van der Waals surface area contributed by atoms with Gasteiger partial charge < -0.3 is 14.4 Å². The molecule has 0 amide bonds. The van der Waals surface area contributed by atoms with E-state index in [1.165, 1.54) is 5.56 Å². The molecule has 3 heterocycles. The Labute approximate surface area is 153 Å². The van der Waals surface area contributed by atoms with Crippen molar-refractivity contribution in [3.63, 3.8) is 0 Å². The second kappa shape index (κ2) is 7.25. The van der Waals surface area contributed by atoms with Crippen molar-refractivity contribution < 1.29 is 9.84 Å². The average molecular weight is 354 g/mol. The molecule has 1 aromatic heterocycles. The number of aromatic nitrogens is 1. The number of piperidine rings is 1. The van der Waals surface area contributed by atoms with Crippen LogP contribution in [0.25, 0.3) is 0 Å². The van der Waals surface area contributed by atoms with Crippen LogP contribution in [0.2, 0.25) is 0 Å². The molecule has 138 valence electrons. The highest BCUT2D eigenvalue weighted by molar-refractivity contribution is 5.26. The van der Waals surface area contributed by atoms with Gasteiger partial charge in [-0.15, -0.1) is 0 Å². The molecule has 3 atom stereocenters. The number of hydrogen-bond donors (Lipinski definition) is 1. The third kappa shape index (κ3) is 3.69. The van der Waals surface area contributed by atoms with Crippen LogP contribution in [0, 0.1) is 12.8 Å². The maximum Gasteiger partial charge on any atom is 0.250 e. The molecule has 1 fully saturated rings. The largest absolute Gasteiger partial charge is 0.491 e. The zero-order valence-electron chi connectivity index (χ0n) is 15.2. The highest BCUT2D eigenvalue weighted by atomic mass is 16.5. The molecule has 2 aliphatic rings. The lowest BCUT2D eigenvalue weighted by Crippen LogP contribution is -2.49. The van der Waals surface area contributed by atoms with E-state index in [9.17, 15) is 9.90 Å². The summed E-state index contributed by atoms with van der Waals surface area (Å²) in [6.45, 7) is 5.55. The van der Waals surface area contributed by atoms with Crippen molar-refractivity contribution in [1.29, 1.82) is 0 Å². The fourth-order valence-electron chi connectivity index (χ4n) is 4.32. The quantitative estimate of drug-likeness (QED) is 0.893. The van der Waals surface area contributed by atoms with Crippen LogP contribution in [0.15, 0.2) is 47.3 Å². The molecule has 1 N–H and O–H groups in total. The first-order chi connectivity index (χ1) is 12.6. The third-order valence-corrected chi connectivity index (χ3v) is 5.49. The van der Waals surface area contributed by atoms with Gasteiger partial charge in [-0.3, -0.25) is 9.69 Å². The zero-order chi connectivity index (χ0) is 18.1. The van der Waals surface area contributed by atoms with E-state index in [0.717, 1.165) is 37.5 Å². The van der Waals surface area contributed by atoms with Gasteiger partial charge in [-0.2, -0.15) is 0 Å². The van der Waals surface area contributed by atoms with Crippen LogP contribution >= 0.6 is 0 Å². The van der Waals surface area contributed by atoms with Gasteiger partial charge in [0, 0.05) is 43.9 Å². The topological polar surface area (TPSA) is 54.7 Å². The van der Waals surface area contributed by atoms with Crippen molar-refractivity contribution in [3.05, 3.63) is 64.1 Å². The van der Waals surface area contributed by atoms with Crippen LogP contribution in [-0.4, -0.2) is 46.9 Å². The summed E-state index contributed by atoms with van der Waals surface area (Å²) in [6, 6.07) is 13.5. The second-order valence-corrected chi connectivity index (χ2v) is 7.69. The molecule has 2 aromatic rings. The first-order valence-electron chi connectivity index (χ1n) is 9.38. The molecule has 1 saturated heterocycles. The maximum absolute atomic E-state index is 12.1. The number of benzene rings is 1. The number of pyridine rings is 1. The lowest BCUT2D eigenvalue weighted by molar-refractivity contribution is 0.0384. The number of nitrogens with zero attached hydrogens (tertiary/aromatic N) is 2. The van der Waals surface area contributed by atoms with Gasteiger partial charge in [0.25, 0.3) is 5.56 Å². The van der Waals surface area contributed by atoms with Gasteiger partial charge in [-0.05, 0) is 37.5 Å². The number of hydrogen-bond acceptors (Lipinski definition) is 4. The lowest BCUT2D eigenvalue weighted by atomic mass is 9.83. The van der Waals surface area contributed by atoms with E-state index < -0.39 is 6.10 Å². The van der Waals surface area contributed by atoms with E-state index in [1.54, 1.807) is 6.07 Å². The van der Waals surface area contributed by atoms with Crippen molar-refractivity contribution in [2.45, 2.75) is 31.9 Å². The Bertz CT molecular complexity index is 815. The first kappa shape index (κ1) is 17.3. The molecule has 26 heavy (non-hydrogen) atoms. The molecule has 2 bridgehead atoms. The number of rotatable bonds is 5. The minimum absolute atomic E-state index is 0.109. The van der Waals surface area contributed by atoms with Crippen molar-refractivity contribution in [1.82, 2.24) is 9.47 Å². The number of aliphatic hydroxyl groups is 1. The van der Waals surface area contributed by atoms with E-state index in [4.69, 9.17) is 4.74 Å². The summed E-state index contributed by atoms with van der Waals surface area (Å²) in [5.74, 6) is 1.65. The van der Waals surface area contributed by atoms with Crippen LogP contribution in [0.3, 0.4) is 0 Å². The third-order valence-electron chi connectivity index (χ3n) is 5.49. The van der Waals surface area contributed by atoms with Gasteiger partial charge in [0.05, 0.1) is 0 Å². The van der Waals surface area contributed by atoms with E-state index >= 15 is 0 Å². The molecule has 5 heteroatoms. The van der Waals surface area contributed by atoms with Gasteiger partial charge in [0.15, 0.2) is 0 Å². The van der Waals surface area contributed by atoms with E-state index in [2.05, 4.69) is 11.0 Å². The smallest absolute Gasteiger partial charge is 0.250 e. The first-order valence-corrected chi connectivity index (χ1v) is 9.38. The van der Waals surface area contributed by atoms with E-state index in [1.807, 2.05) is 41.8 Å². The molecular formula is C21H26N2O3. The zero-order valence-corrected chi connectivity index (χ0v) is 15.2. The summed E-state index contributed by atoms with van der Waals surface area (Å²) in [6.07, 6.45) is 0.615. The fourth-order valence-corrected chi connectivity index (χ4v) is 4.32. The minimum Gasteiger partial charge on any atom is -0.491 e. The Hall–Kier alpha value is -2.11. The average Bonchev–Trinajstić information content (AvgIpc) is 2.62. The minimum atomic E-state index is -0.520. The predicted octanol–water partition coefficient (Wildman–Crippen LogP) is 2.02. The lowest BCUT2D eigenvalue weighted by Gasteiger charge is -2.43. The molecule has 4 rings (SSSR count). The molecular weight excluding hydrogens is 328 g/mol. The number of aliphatic hydroxyl groups excluding tert-OH is 1. The van der Waals surface area contributed by atoms with Crippen molar-refractivity contribution in [2.75, 3.05) is 26.2 Å². The number of ether oxygens (including phenoxy) is 1. The van der Waals surface area contributed by atoms with Crippen LogP contribution in [0.5, 0.6) is 5.75 Å². The van der Waals surface area contributed by atoms with E-state index in [0.29, 0.717) is 25.0 Å². The Morgan fingerprint density at radius 1 is 1.15 bits per heavy atom. The van der Waals surface area contributed by atoms with Crippen molar-refractivity contribution in [2.24, 2.45) is 5.92 Å². The van der Waals surface area contributed by atoms with Crippen molar-refractivity contribution >= 4 is 0 Å². The SMILES string of the molecule is Cc1ccc(OCC(O)CN2C[C@H]3C[C@@H](C2)c2cccc(=O)n2C3)cc1. The maximum atomic E-state index is 12.1. The Morgan fingerprint density at radius 2 is 1.96 bits per heavy atom. The molecule has 0 radical (unpaired) electrons. The number of fused-ring (bicyclic) bond motifs is 4. The number of aryl methyl sites for hydroxylation is 1. The Kier molecular flexibility index (Phi) is 4.83. The predicted molar refractivity (Wildman–Crippen MR) is 101 cm³/mol. The van der Waals surface area contributed by atoms with Crippen LogP contribution in [-0.2, 0) is 6.54 Å². The van der Waals surface area contributed by atoms with Gasteiger partial charge in [0.1, 0.15) is 18.5 Å². The van der Waals surface area contributed by atoms with Crippen LogP contribution < -0.4 is 10.3 Å². The number of likely N-dealkylation sites (tertiary alicyclic amines) is 1. The number of β-amino-alcohol motifs (C(OH)–C–C–N with tert-alkyl or cyclic N) is 1.